The van der Waals surface area contributed by atoms with Crippen LogP contribution in [0.3, 0.4) is 0 Å². The van der Waals surface area contributed by atoms with Gasteiger partial charge in [0, 0.05) is 22.6 Å². The molecule has 0 saturated heterocycles. The molecule has 0 spiro atoms. The minimum absolute atomic E-state index is 0. The van der Waals surface area contributed by atoms with E-state index in [0.29, 0.717) is 5.56 Å². The van der Waals surface area contributed by atoms with E-state index in [-0.39, 0.29) is 35.1 Å². The Morgan fingerprint density at radius 1 is 1.15 bits per heavy atom. The quantitative estimate of drug-likeness (QED) is 0.456. The van der Waals surface area contributed by atoms with Crippen LogP contribution in [0.5, 0.6) is 0 Å². The summed E-state index contributed by atoms with van der Waals surface area (Å²) in [5.41, 5.74) is 0.604. The van der Waals surface area contributed by atoms with Gasteiger partial charge in [-0.3, -0.25) is 9.59 Å². The third-order valence-corrected chi connectivity index (χ3v) is 1.51. The van der Waals surface area contributed by atoms with E-state index >= 15 is 0 Å². The molecule has 0 bridgehead atoms. The number of rotatable bonds is 3. The molecule has 0 aliphatic rings. The molecule has 2 radical (unpaired) electrons. The predicted octanol–water partition coefficient (Wildman–Crippen LogP) is 1.47. The van der Waals surface area contributed by atoms with Crippen LogP contribution in [-0.4, -0.2) is 28.6 Å². The molecule has 3 heteroatoms. The summed E-state index contributed by atoms with van der Waals surface area (Å²) in [7, 11) is 0. The molecule has 0 aliphatic heterocycles. The molecule has 68 valence electrons. The van der Waals surface area contributed by atoms with Gasteiger partial charge in [-0.2, -0.15) is 0 Å². The maximum Gasteiger partial charge on any atom is 0.170 e. The Kier molecular flexibility index (Phi) is 5.28. The Morgan fingerprint density at radius 3 is 2.15 bits per heavy atom. The smallest absolute Gasteiger partial charge is 0.170 e. The number of carbonyl (C=O) groups excluding carboxylic acids is 2. The molecular weight excluding hydrogens is 231 g/mol. The van der Waals surface area contributed by atoms with Gasteiger partial charge in [0.1, 0.15) is 5.78 Å². The van der Waals surface area contributed by atoms with E-state index in [9.17, 15) is 9.59 Å². The van der Waals surface area contributed by atoms with Crippen LogP contribution in [0.2, 0.25) is 0 Å². The first kappa shape index (κ1) is 12.1. The minimum Gasteiger partial charge on any atom is -0.300 e. The molecule has 0 atom stereocenters. The molecule has 0 aliphatic carbocycles. The van der Waals surface area contributed by atoms with E-state index in [1.54, 1.807) is 24.3 Å². The fourth-order valence-corrected chi connectivity index (χ4v) is 0.952. The van der Waals surface area contributed by atoms with Gasteiger partial charge in [0.25, 0.3) is 0 Å². The molecular formula is C10H10O2Se. The summed E-state index contributed by atoms with van der Waals surface area (Å²) in [6, 6.07) is 8.84. The summed E-state index contributed by atoms with van der Waals surface area (Å²) in [5, 5.41) is 0. The second-order valence-electron chi connectivity index (χ2n) is 2.67. The molecule has 0 amide bonds. The Hall–Kier alpha value is -0.921. The third-order valence-electron chi connectivity index (χ3n) is 1.51. The van der Waals surface area contributed by atoms with E-state index in [2.05, 4.69) is 0 Å². The Balaban J connectivity index is 0.00000144. The van der Waals surface area contributed by atoms with E-state index < -0.39 is 0 Å². The predicted molar refractivity (Wildman–Crippen MR) is 51.8 cm³/mol. The monoisotopic (exact) mass is 242 g/mol. The Bertz CT molecular complexity index is 293. The molecule has 2 nitrogen and oxygen atoms in total. The normalized spacial score (nSPS) is 8.69. The van der Waals surface area contributed by atoms with Crippen molar-refractivity contribution in [3.8, 4) is 0 Å². The Morgan fingerprint density at radius 2 is 1.69 bits per heavy atom. The van der Waals surface area contributed by atoms with Gasteiger partial charge in [0.2, 0.25) is 0 Å². The first-order valence-corrected chi connectivity index (χ1v) is 3.78. The van der Waals surface area contributed by atoms with Gasteiger partial charge in [0.15, 0.2) is 5.78 Å². The second kappa shape index (κ2) is 5.68. The van der Waals surface area contributed by atoms with Crippen LogP contribution in [0.25, 0.3) is 0 Å². The van der Waals surface area contributed by atoms with Gasteiger partial charge in [-0.25, -0.2) is 0 Å². The maximum atomic E-state index is 11.2. The van der Waals surface area contributed by atoms with Gasteiger partial charge < -0.3 is 0 Å². The molecule has 0 aromatic heterocycles. The molecule has 13 heavy (non-hydrogen) atoms. The second-order valence-corrected chi connectivity index (χ2v) is 2.67. The van der Waals surface area contributed by atoms with Gasteiger partial charge in [-0.1, -0.05) is 30.3 Å². The van der Waals surface area contributed by atoms with Crippen LogP contribution in [0.15, 0.2) is 30.3 Å². The van der Waals surface area contributed by atoms with E-state index in [0.717, 1.165) is 0 Å². The first-order chi connectivity index (χ1) is 5.70. The summed E-state index contributed by atoms with van der Waals surface area (Å²) >= 11 is 0. The molecule has 0 heterocycles. The van der Waals surface area contributed by atoms with Crippen molar-refractivity contribution in [2.45, 2.75) is 13.3 Å². The number of hydrogen-bond acceptors (Lipinski definition) is 2. The van der Waals surface area contributed by atoms with Crippen molar-refractivity contribution in [3.05, 3.63) is 35.9 Å². The fourth-order valence-electron chi connectivity index (χ4n) is 0.952. The number of Topliss-reactive ketones (excluding diaryl/α,β-unsaturated/α-hetero) is 2. The topological polar surface area (TPSA) is 34.1 Å². The molecule has 1 aromatic carbocycles. The zero-order chi connectivity index (χ0) is 8.97. The van der Waals surface area contributed by atoms with Crippen molar-refractivity contribution in [3.63, 3.8) is 0 Å². The van der Waals surface area contributed by atoms with Crippen molar-refractivity contribution in [1.29, 1.82) is 0 Å². The zero-order valence-corrected chi connectivity index (χ0v) is 9.03. The first-order valence-electron chi connectivity index (χ1n) is 3.78. The largest absolute Gasteiger partial charge is 0.300 e. The van der Waals surface area contributed by atoms with Crippen LogP contribution >= 0.6 is 0 Å². The average molecular weight is 241 g/mol. The van der Waals surface area contributed by atoms with Gasteiger partial charge in [0.05, 0.1) is 6.42 Å². The number of carbonyl (C=O) groups is 2. The molecule has 0 N–H and O–H groups in total. The van der Waals surface area contributed by atoms with Crippen LogP contribution in [0.4, 0.5) is 0 Å². The van der Waals surface area contributed by atoms with Crippen molar-refractivity contribution < 1.29 is 9.59 Å². The van der Waals surface area contributed by atoms with Crippen molar-refractivity contribution in [2.75, 3.05) is 0 Å². The van der Waals surface area contributed by atoms with Crippen molar-refractivity contribution in [2.24, 2.45) is 0 Å². The van der Waals surface area contributed by atoms with Gasteiger partial charge >= 0.3 is 0 Å². The number of hydrogen-bond donors (Lipinski definition) is 0. The van der Waals surface area contributed by atoms with Gasteiger partial charge in [-0.05, 0) is 6.92 Å². The van der Waals surface area contributed by atoms with E-state index in [4.69, 9.17) is 0 Å². The summed E-state index contributed by atoms with van der Waals surface area (Å²) in [4.78, 5) is 21.8. The van der Waals surface area contributed by atoms with Crippen molar-refractivity contribution >= 4 is 28.6 Å². The SMILES string of the molecule is CC(=O)CC(=O)c1ccccc1.[Se]. The van der Waals surface area contributed by atoms with E-state index in [1.165, 1.54) is 6.92 Å². The molecule has 1 aromatic rings. The molecule has 0 saturated carbocycles. The summed E-state index contributed by atoms with van der Waals surface area (Å²) in [5.74, 6) is -0.202. The van der Waals surface area contributed by atoms with Crippen LogP contribution < -0.4 is 0 Å². The Labute approximate surface area is 87.8 Å². The summed E-state index contributed by atoms with van der Waals surface area (Å²) < 4.78 is 0. The standard InChI is InChI=1S/C10H10O2.Se/c1-8(11)7-10(12)9-5-3-2-4-6-9;/h2-6H,7H2,1H3;. The van der Waals surface area contributed by atoms with E-state index in [1.807, 2.05) is 6.07 Å². The van der Waals surface area contributed by atoms with Crippen LogP contribution in [0, 0.1) is 0 Å². The molecule has 0 fully saturated rings. The number of ketones is 2. The molecule has 1 rings (SSSR count). The molecule has 0 unspecified atom stereocenters. The summed E-state index contributed by atoms with van der Waals surface area (Å²) in [6.07, 6.45) is 0.00398. The third kappa shape index (κ3) is 4.02. The van der Waals surface area contributed by atoms with Crippen LogP contribution in [0.1, 0.15) is 23.7 Å². The maximum absolute atomic E-state index is 11.2. The number of benzene rings is 1. The van der Waals surface area contributed by atoms with Crippen molar-refractivity contribution in [1.82, 2.24) is 0 Å². The fraction of sp³-hybridized carbons (Fsp3) is 0.200. The van der Waals surface area contributed by atoms with Gasteiger partial charge in [-0.15, -0.1) is 0 Å². The minimum atomic E-state index is -0.108. The average Bonchev–Trinajstić information content (AvgIpc) is 2.05. The zero-order valence-electron chi connectivity index (χ0n) is 7.32. The van der Waals surface area contributed by atoms with Crippen LogP contribution in [-0.2, 0) is 4.79 Å². The summed E-state index contributed by atoms with van der Waals surface area (Å²) in [6.45, 7) is 1.42.